The molecule has 8 nitrogen and oxygen atoms in total. The maximum absolute atomic E-state index is 15.3. The van der Waals surface area contributed by atoms with Gasteiger partial charge in [0.15, 0.2) is 0 Å². The van der Waals surface area contributed by atoms with E-state index in [2.05, 4.69) is 20.5 Å². The first-order valence-corrected chi connectivity index (χ1v) is 11.9. The number of pyridine rings is 1. The maximum Gasteiger partial charge on any atom is 0.283 e. The number of rotatable bonds is 5. The number of halogens is 2. The lowest BCUT2D eigenvalue weighted by atomic mass is 9.93. The minimum Gasteiger partial charge on any atom is -0.507 e. The van der Waals surface area contributed by atoms with Gasteiger partial charge in [0.1, 0.15) is 11.4 Å². The molecule has 2 N–H and O–H groups in total. The molecule has 2 aromatic heterocycles. The number of hydrogen-bond acceptors (Lipinski definition) is 7. The molecule has 2 bridgehead atoms. The van der Waals surface area contributed by atoms with E-state index in [4.69, 9.17) is 0 Å². The first-order chi connectivity index (χ1) is 16.8. The molecule has 2 saturated heterocycles. The predicted octanol–water partition coefficient (Wildman–Crippen LogP) is 3.11. The second-order valence-corrected chi connectivity index (χ2v) is 9.80. The van der Waals surface area contributed by atoms with Crippen LogP contribution >= 0.6 is 0 Å². The van der Waals surface area contributed by atoms with Crippen LogP contribution in [0.5, 0.6) is 5.75 Å². The summed E-state index contributed by atoms with van der Waals surface area (Å²) < 4.78 is 32.0. The molecule has 35 heavy (non-hydrogen) atoms. The molecule has 1 saturated carbocycles. The van der Waals surface area contributed by atoms with Crippen LogP contribution in [0.4, 0.5) is 14.7 Å². The van der Waals surface area contributed by atoms with Crippen molar-refractivity contribution >= 4 is 5.95 Å². The molecule has 0 amide bonds. The van der Waals surface area contributed by atoms with Crippen LogP contribution in [0.2, 0.25) is 0 Å². The number of alkyl halides is 2. The van der Waals surface area contributed by atoms with Gasteiger partial charge in [-0.25, -0.2) is 13.8 Å². The highest BCUT2D eigenvalue weighted by Crippen LogP contribution is 2.45. The zero-order valence-electron chi connectivity index (χ0n) is 19.2. The summed E-state index contributed by atoms with van der Waals surface area (Å²) in [6, 6.07) is 6.66. The first-order valence-electron chi connectivity index (χ1n) is 11.9. The number of aryl methyl sites for hydroxylation is 1. The van der Waals surface area contributed by atoms with Gasteiger partial charge in [0.2, 0.25) is 5.95 Å². The number of fused-ring (bicyclic) bond motifs is 2. The van der Waals surface area contributed by atoms with E-state index in [0.29, 0.717) is 35.2 Å². The zero-order valence-corrected chi connectivity index (χ0v) is 19.2. The zero-order chi connectivity index (χ0) is 24.3. The lowest BCUT2D eigenvalue weighted by Crippen LogP contribution is -2.63. The van der Waals surface area contributed by atoms with Crippen LogP contribution in [0, 0.1) is 0 Å². The SMILES string of the molecule is Cn1ccc(-c2ccc(-c3cnc(N(C4CC4)[C@@H]4C[C@@H]5CC[C@H](N5)C4(F)F)nn3)c(O)c2)cc1=O. The van der Waals surface area contributed by atoms with Gasteiger partial charge >= 0.3 is 0 Å². The Balaban J connectivity index is 1.28. The number of phenols is 1. The predicted molar refractivity (Wildman–Crippen MR) is 126 cm³/mol. The molecule has 1 aliphatic carbocycles. The van der Waals surface area contributed by atoms with Crippen LogP contribution < -0.4 is 15.8 Å². The largest absolute Gasteiger partial charge is 0.507 e. The fourth-order valence-corrected chi connectivity index (χ4v) is 5.34. The summed E-state index contributed by atoms with van der Waals surface area (Å²) in [5.74, 6) is -2.70. The van der Waals surface area contributed by atoms with Crippen LogP contribution in [-0.2, 0) is 7.05 Å². The van der Waals surface area contributed by atoms with Crippen molar-refractivity contribution in [3.63, 3.8) is 0 Å². The van der Waals surface area contributed by atoms with Gasteiger partial charge in [0, 0.05) is 37.0 Å². The Morgan fingerprint density at radius 2 is 1.91 bits per heavy atom. The highest BCUT2D eigenvalue weighted by atomic mass is 19.3. The number of nitrogens with one attached hydrogen (secondary N) is 1. The van der Waals surface area contributed by atoms with Gasteiger partial charge in [-0.05, 0) is 61.4 Å². The quantitative estimate of drug-likeness (QED) is 0.579. The summed E-state index contributed by atoms with van der Waals surface area (Å²) >= 11 is 0. The van der Waals surface area contributed by atoms with E-state index in [1.807, 2.05) is 0 Å². The number of nitrogens with zero attached hydrogens (tertiary/aromatic N) is 5. The summed E-state index contributed by atoms with van der Waals surface area (Å²) in [5, 5.41) is 22.2. The molecule has 3 fully saturated rings. The van der Waals surface area contributed by atoms with Crippen molar-refractivity contribution in [1.82, 2.24) is 25.1 Å². The Kier molecular flexibility index (Phi) is 5.10. The van der Waals surface area contributed by atoms with Gasteiger partial charge in [-0.15, -0.1) is 10.2 Å². The molecule has 6 rings (SSSR count). The van der Waals surface area contributed by atoms with Crippen molar-refractivity contribution in [2.75, 3.05) is 4.90 Å². The molecule has 0 radical (unpaired) electrons. The molecule has 1 aromatic carbocycles. The fraction of sp³-hybridized carbons (Fsp3) is 0.440. The highest BCUT2D eigenvalue weighted by Gasteiger charge is 2.58. The first kappa shape index (κ1) is 22.1. The molecule has 10 heteroatoms. The van der Waals surface area contributed by atoms with E-state index >= 15 is 8.78 Å². The van der Waals surface area contributed by atoms with Gasteiger partial charge in [-0.3, -0.25) is 4.79 Å². The summed E-state index contributed by atoms with van der Waals surface area (Å²) in [6.45, 7) is 0. The van der Waals surface area contributed by atoms with Crippen molar-refractivity contribution in [3.8, 4) is 28.1 Å². The number of anilines is 1. The lowest BCUT2D eigenvalue weighted by Gasteiger charge is -2.43. The van der Waals surface area contributed by atoms with Crippen LogP contribution in [0.3, 0.4) is 0 Å². The third-order valence-corrected chi connectivity index (χ3v) is 7.43. The number of aromatic hydroxyl groups is 1. The maximum atomic E-state index is 15.3. The minimum absolute atomic E-state index is 0.00212. The van der Waals surface area contributed by atoms with Crippen LogP contribution in [-0.4, -0.2) is 54.9 Å². The molecule has 2 aliphatic heterocycles. The van der Waals surface area contributed by atoms with E-state index in [1.165, 1.54) is 16.8 Å². The molecular formula is C25H26F2N6O2. The average molecular weight is 481 g/mol. The van der Waals surface area contributed by atoms with E-state index in [0.717, 1.165) is 19.3 Å². The van der Waals surface area contributed by atoms with Gasteiger partial charge in [0.05, 0.1) is 18.3 Å². The molecule has 0 spiro atoms. The number of benzene rings is 1. The molecule has 182 valence electrons. The average Bonchev–Trinajstić information content (AvgIpc) is 3.58. The van der Waals surface area contributed by atoms with Gasteiger partial charge in [-0.1, -0.05) is 6.07 Å². The van der Waals surface area contributed by atoms with Crippen molar-refractivity contribution < 1.29 is 13.9 Å². The summed E-state index contributed by atoms with van der Waals surface area (Å²) in [6.07, 6.45) is 6.42. The molecule has 3 aliphatic rings. The third-order valence-electron chi connectivity index (χ3n) is 7.43. The van der Waals surface area contributed by atoms with Crippen molar-refractivity contribution in [3.05, 3.63) is 53.1 Å². The standard InChI is InChI=1S/C25H26F2N6O2/c1-32-9-8-15(11-23(32)35)14-2-6-18(20(34)10-14)19-13-28-24(31-30-19)33(17-4-5-17)22-12-16-3-7-21(29-16)25(22,26)27/h2,6,8-11,13,16-17,21-22,29,34H,3-5,7,12H2,1H3/t16-,21-,22+/m0/s1. The van der Waals surface area contributed by atoms with Crippen molar-refractivity contribution in [2.45, 2.75) is 62.2 Å². The number of hydrogen-bond donors (Lipinski definition) is 2. The van der Waals surface area contributed by atoms with E-state index < -0.39 is 18.0 Å². The van der Waals surface area contributed by atoms with Crippen LogP contribution in [0.1, 0.15) is 32.1 Å². The second kappa shape index (κ2) is 8.08. The Labute approximate surface area is 200 Å². The van der Waals surface area contributed by atoms with Gasteiger partial charge in [-0.2, -0.15) is 0 Å². The third kappa shape index (κ3) is 3.85. The summed E-state index contributed by atoms with van der Waals surface area (Å²) in [7, 11) is 1.67. The minimum atomic E-state index is -2.87. The van der Waals surface area contributed by atoms with Crippen LogP contribution in [0.25, 0.3) is 22.4 Å². The Morgan fingerprint density at radius 3 is 2.60 bits per heavy atom. The number of piperidine rings is 1. The van der Waals surface area contributed by atoms with Crippen LogP contribution in [0.15, 0.2) is 47.5 Å². The van der Waals surface area contributed by atoms with Crippen molar-refractivity contribution in [1.29, 1.82) is 0 Å². The smallest absolute Gasteiger partial charge is 0.283 e. The molecule has 4 heterocycles. The fourth-order valence-electron chi connectivity index (χ4n) is 5.34. The normalized spacial score (nSPS) is 24.9. The molecular weight excluding hydrogens is 454 g/mol. The lowest BCUT2D eigenvalue weighted by molar-refractivity contribution is -0.0745. The Hall–Kier alpha value is -3.40. The monoisotopic (exact) mass is 480 g/mol. The highest BCUT2D eigenvalue weighted by molar-refractivity contribution is 5.73. The van der Waals surface area contributed by atoms with E-state index in [1.54, 1.807) is 42.4 Å². The van der Waals surface area contributed by atoms with Gasteiger partial charge < -0.3 is 19.9 Å². The second-order valence-electron chi connectivity index (χ2n) is 9.80. The number of aromatic nitrogens is 4. The molecule has 3 atom stereocenters. The molecule has 3 aromatic rings. The van der Waals surface area contributed by atoms with Gasteiger partial charge in [0.25, 0.3) is 11.5 Å². The Bertz CT molecular complexity index is 1320. The Morgan fingerprint density at radius 1 is 1.11 bits per heavy atom. The van der Waals surface area contributed by atoms with E-state index in [-0.39, 0.29) is 29.3 Å². The van der Waals surface area contributed by atoms with E-state index in [9.17, 15) is 9.90 Å². The number of phenolic OH excluding ortho intramolecular Hbond substituents is 1. The topological polar surface area (TPSA) is 96.2 Å². The van der Waals surface area contributed by atoms with Crippen molar-refractivity contribution in [2.24, 2.45) is 7.05 Å². The summed E-state index contributed by atoms with van der Waals surface area (Å²) in [4.78, 5) is 18.0. The molecule has 0 unspecified atom stereocenters. The summed E-state index contributed by atoms with van der Waals surface area (Å²) in [5.41, 5.74) is 1.99.